The van der Waals surface area contributed by atoms with Gasteiger partial charge in [0.1, 0.15) is 5.60 Å². The third kappa shape index (κ3) is 3.55. The molecule has 0 spiro atoms. The molecule has 2 aromatic rings. The van der Waals surface area contributed by atoms with E-state index in [0.29, 0.717) is 16.3 Å². The van der Waals surface area contributed by atoms with E-state index in [1.165, 1.54) is 6.07 Å². The lowest BCUT2D eigenvalue weighted by Gasteiger charge is -2.13. The highest BCUT2D eigenvalue weighted by Crippen LogP contribution is 2.28. The quantitative estimate of drug-likeness (QED) is 0.891. The van der Waals surface area contributed by atoms with Crippen molar-refractivity contribution in [3.8, 4) is 0 Å². The van der Waals surface area contributed by atoms with Crippen molar-refractivity contribution in [2.45, 2.75) is 31.3 Å². The van der Waals surface area contributed by atoms with Gasteiger partial charge in [0.15, 0.2) is 5.13 Å². The highest BCUT2D eigenvalue weighted by Gasteiger charge is 2.23. The Morgan fingerprint density at radius 3 is 2.62 bits per heavy atom. The molecule has 2 rings (SSSR count). The van der Waals surface area contributed by atoms with E-state index in [2.05, 4.69) is 9.71 Å². The minimum Gasteiger partial charge on any atom is -0.384 e. The number of thiazole rings is 1. The van der Waals surface area contributed by atoms with Crippen molar-refractivity contribution < 1.29 is 13.5 Å². The summed E-state index contributed by atoms with van der Waals surface area (Å²) in [4.78, 5) is 4.20. The SMILES string of the molecule is Cc1c(Cl)cccc1S(=O)(=O)Nc1nc(C(C)(C)O)cs1. The molecule has 0 radical (unpaired) electrons. The number of benzene rings is 1. The van der Waals surface area contributed by atoms with Crippen LogP contribution in [-0.4, -0.2) is 18.5 Å². The zero-order valence-corrected chi connectivity index (χ0v) is 14.1. The maximum Gasteiger partial charge on any atom is 0.263 e. The molecular formula is C13H15ClN2O3S2. The second-order valence-corrected chi connectivity index (χ2v) is 7.98. The van der Waals surface area contributed by atoms with Crippen LogP contribution in [0.15, 0.2) is 28.5 Å². The van der Waals surface area contributed by atoms with Gasteiger partial charge >= 0.3 is 0 Å². The van der Waals surface area contributed by atoms with E-state index in [1.54, 1.807) is 38.3 Å². The number of rotatable bonds is 4. The number of nitrogens with zero attached hydrogens (tertiary/aromatic N) is 1. The van der Waals surface area contributed by atoms with E-state index >= 15 is 0 Å². The van der Waals surface area contributed by atoms with Gasteiger partial charge in [-0.25, -0.2) is 13.4 Å². The molecule has 0 aliphatic rings. The first-order valence-corrected chi connectivity index (χ1v) is 8.81. The summed E-state index contributed by atoms with van der Waals surface area (Å²) >= 11 is 7.06. The van der Waals surface area contributed by atoms with E-state index in [1.807, 2.05) is 0 Å². The predicted octanol–water partition coefficient (Wildman–Crippen LogP) is 3.13. The zero-order chi connectivity index (χ0) is 15.8. The van der Waals surface area contributed by atoms with Gasteiger partial charge < -0.3 is 5.11 Å². The molecule has 0 saturated carbocycles. The average Bonchev–Trinajstić information content (AvgIpc) is 2.80. The van der Waals surface area contributed by atoms with Crippen molar-refractivity contribution in [1.82, 2.24) is 4.98 Å². The molecule has 0 atom stereocenters. The van der Waals surface area contributed by atoms with Gasteiger partial charge in [0.25, 0.3) is 10.0 Å². The van der Waals surface area contributed by atoms with Crippen LogP contribution in [0.5, 0.6) is 0 Å². The van der Waals surface area contributed by atoms with Crippen molar-refractivity contribution in [3.63, 3.8) is 0 Å². The van der Waals surface area contributed by atoms with E-state index in [-0.39, 0.29) is 10.0 Å². The highest BCUT2D eigenvalue weighted by atomic mass is 35.5. The first-order chi connectivity index (χ1) is 9.61. The van der Waals surface area contributed by atoms with Crippen LogP contribution in [0, 0.1) is 6.92 Å². The summed E-state index contributed by atoms with van der Waals surface area (Å²) < 4.78 is 27.1. The first-order valence-electron chi connectivity index (χ1n) is 6.07. The molecule has 0 saturated heterocycles. The van der Waals surface area contributed by atoms with Gasteiger partial charge in [0.2, 0.25) is 0 Å². The molecule has 1 aromatic heterocycles. The molecule has 0 amide bonds. The zero-order valence-electron chi connectivity index (χ0n) is 11.7. The Balaban J connectivity index is 2.34. The fourth-order valence-corrected chi connectivity index (χ4v) is 4.27. The Morgan fingerprint density at radius 2 is 2.05 bits per heavy atom. The molecule has 0 aliphatic carbocycles. The first kappa shape index (κ1) is 16.2. The van der Waals surface area contributed by atoms with Gasteiger partial charge in [-0.05, 0) is 38.5 Å². The van der Waals surface area contributed by atoms with Crippen LogP contribution < -0.4 is 4.72 Å². The third-order valence-electron chi connectivity index (χ3n) is 2.86. The van der Waals surface area contributed by atoms with Crippen LogP contribution >= 0.6 is 22.9 Å². The molecule has 2 N–H and O–H groups in total. The lowest BCUT2D eigenvalue weighted by Crippen LogP contribution is -2.17. The lowest BCUT2D eigenvalue weighted by atomic mass is 10.1. The summed E-state index contributed by atoms with van der Waals surface area (Å²) in [7, 11) is -3.77. The Labute approximate surface area is 132 Å². The fraction of sp³-hybridized carbons (Fsp3) is 0.308. The van der Waals surface area contributed by atoms with E-state index in [4.69, 9.17) is 11.6 Å². The Bertz CT molecular complexity index is 764. The molecule has 114 valence electrons. The Hall–Kier alpha value is -1.15. The van der Waals surface area contributed by atoms with E-state index in [9.17, 15) is 13.5 Å². The summed E-state index contributed by atoms with van der Waals surface area (Å²) in [6, 6.07) is 4.69. The predicted molar refractivity (Wildman–Crippen MR) is 84.4 cm³/mol. The molecule has 1 heterocycles. The topological polar surface area (TPSA) is 79.3 Å². The summed E-state index contributed by atoms with van der Waals surface area (Å²) in [6.07, 6.45) is 0. The van der Waals surface area contributed by atoms with E-state index < -0.39 is 15.6 Å². The second-order valence-electron chi connectivity index (χ2n) is 5.07. The van der Waals surface area contributed by atoms with Crippen LogP contribution in [0.25, 0.3) is 0 Å². The summed E-state index contributed by atoms with van der Waals surface area (Å²) in [5, 5.41) is 12.0. The number of nitrogens with one attached hydrogen (secondary N) is 1. The molecule has 0 aliphatic heterocycles. The standard InChI is InChI=1S/C13H15ClN2O3S2/c1-8-9(14)5-4-6-10(8)21(18,19)16-12-15-11(7-20-12)13(2,3)17/h4-7,17H,1-3H3,(H,15,16). The highest BCUT2D eigenvalue weighted by molar-refractivity contribution is 7.93. The van der Waals surface area contributed by atoms with Crippen molar-refractivity contribution >= 4 is 38.1 Å². The van der Waals surface area contributed by atoms with Crippen LogP contribution in [0.4, 0.5) is 5.13 Å². The summed E-state index contributed by atoms with van der Waals surface area (Å²) in [5.74, 6) is 0. The molecule has 8 heteroatoms. The van der Waals surface area contributed by atoms with Crippen molar-refractivity contribution in [1.29, 1.82) is 0 Å². The number of sulfonamides is 1. The van der Waals surface area contributed by atoms with Crippen LogP contribution in [0.3, 0.4) is 0 Å². The summed E-state index contributed by atoms with van der Waals surface area (Å²) in [6.45, 7) is 4.81. The number of hydrogen-bond donors (Lipinski definition) is 2. The number of halogens is 1. The van der Waals surface area contributed by atoms with Gasteiger partial charge in [0.05, 0.1) is 10.6 Å². The average molecular weight is 347 g/mol. The van der Waals surface area contributed by atoms with Crippen molar-refractivity contribution in [2.75, 3.05) is 4.72 Å². The molecule has 0 fully saturated rings. The molecular weight excluding hydrogens is 332 g/mol. The van der Waals surface area contributed by atoms with Crippen molar-refractivity contribution in [2.24, 2.45) is 0 Å². The largest absolute Gasteiger partial charge is 0.384 e. The van der Waals surface area contributed by atoms with Gasteiger partial charge in [-0.15, -0.1) is 11.3 Å². The van der Waals surface area contributed by atoms with Crippen LogP contribution in [0.2, 0.25) is 5.02 Å². The number of hydrogen-bond acceptors (Lipinski definition) is 5. The van der Waals surface area contributed by atoms with Gasteiger partial charge in [0, 0.05) is 10.4 Å². The minimum atomic E-state index is -3.77. The molecule has 1 aromatic carbocycles. The molecule has 5 nitrogen and oxygen atoms in total. The third-order valence-corrected chi connectivity index (χ3v) is 5.64. The minimum absolute atomic E-state index is 0.106. The maximum atomic E-state index is 12.4. The van der Waals surface area contributed by atoms with Crippen molar-refractivity contribution in [3.05, 3.63) is 39.9 Å². The van der Waals surface area contributed by atoms with Crippen LogP contribution in [-0.2, 0) is 15.6 Å². The van der Waals surface area contributed by atoms with Gasteiger partial charge in [-0.2, -0.15) is 0 Å². The number of aromatic nitrogens is 1. The fourth-order valence-electron chi connectivity index (χ4n) is 1.65. The Kier molecular flexibility index (Phi) is 4.30. The Morgan fingerprint density at radius 1 is 1.38 bits per heavy atom. The molecule has 21 heavy (non-hydrogen) atoms. The number of aliphatic hydroxyl groups is 1. The summed E-state index contributed by atoms with van der Waals surface area (Å²) in [5.41, 5.74) is -0.231. The number of anilines is 1. The molecule has 0 unspecified atom stereocenters. The normalized spacial score (nSPS) is 12.4. The smallest absolute Gasteiger partial charge is 0.263 e. The van der Waals surface area contributed by atoms with Gasteiger partial charge in [-0.1, -0.05) is 17.7 Å². The van der Waals surface area contributed by atoms with Gasteiger partial charge in [-0.3, -0.25) is 4.72 Å². The lowest BCUT2D eigenvalue weighted by molar-refractivity contribution is 0.0746. The monoisotopic (exact) mass is 346 g/mol. The van der Waals surface area contributed by atoms with E-state index in [0.717, 1.165) is 11.3 Å². The maximum absolute atomic E-state index is 12.4. The second kappa shape index (κ2) is 5.57. The van der Waals surface area contributed by atoms with Crippen LogP contribution in [0.1, 0.15) is 25.1 Å². The molecule has 0 bridgehead atoms.